The Morgan fingerprint density at radius 2 is 1.92 bits per heavy atom. The number of nitrogens with one attached hydrogen (secondary N) is 2. The number of hydrogen-bond donors (Lipinski definition) is 2. The van der Waals surface area contributed by atoms with E-state index in [0.29, 0.717) is 5.11 Å². The number of para-hydroxylation sites is 1. The Morgan fingerprint density at radius 3 is 2.75 bits per heavy atom. The van der Waals surface area contributed by atoms with Gasteiger partial charge in [-0.25, -0.2) is 0 Å². The number of anilines is 2. The molecule has 1 aliphatic rings. The summed E-state index contributed by atoms with van der Waals surface area (Å²) in [6.45, 7) is 5.19. The Kier molecular flexibility index (Phi) is 5.70. The lowest BCUT2D eigenvalue weighted by molar-refractivity contribution is 0.658. The molecule has 1 aliphatic heterocycles. The van der Waals surface area contributed by atoms with Gasteiger partial charge in [-0.1, -0.05) is 35.9 Å². The molecule has 2 aromatic rings. The Hall–Kier alpha value is -2.07. The van der Waals surface area contributed by atoms with E-state index in [9.17, 15) is 0 Å². The molecule has 0 amide bonds. The largest absolute Gasteiger partial charge is 0.371 e. The zero-order valence-electron chi connectivity index (χ0n) is 14.2. The lowest BCUT2D eigenvalue weighted by Gasteiger charge is -2.31. The second kappa shape index (κ2) is 8.15. The van der Waals surface area contributed by atoms with Crippen LogP contribution in [0, 0.1) is 6.92 Å². The minimum Gasteiger partial charge on any atom is -0.371 e. The number of benzene rings is 2. The van der Waals surface area contributed by atoms with Crippen LogP contribution < -0.4 is 15.5 Å². The summed E-state index contributed by atoms with van der Waals surface area (Å²) in [6, 6.07) is 17.0. The summed E-state index contributed by atoms with van der Waals surface area (Å²) in [4.78, 5) is 2.50. The highest BCUT2D eigenvalue weighted by Crippen LogP contribution is 2.26. The van der Waals surface area contributed by atoms with Gasteiger partial charge in [-0.2, -0.15) is 0 Å². The monoisotopic (exact) mass is 339 g/mol. The molecule has 4 heteroatoms. The van der Waals surface area contributed by atoms with Crippen LogP contribution in [-0.2, 0) is 6.42 Å². The molecule has 3 nitrogen and oxygen atoms in total. The number of hydrogen-bond acceptors (Lipinski definition) is 2. The van der Waals surface area contributed by atoms with Gasteiger partial charge >= 0.3 is 0 Å². The van der Waals surface area contributed by atoms with Crippen LogP contribution in [0.2, 0.25) is 0 Å². The fraction of sp³-hybridized carbons (Fsp3) is 0.350. The van der Waals surface area contributed by atoms with E-state index in [-0.39, 0.29) is 0 Å². The van der Waals surface area contributed by atoms with E-state index in [1.807, 2.05) is 12.1 Å². The van der Waals surface area contributed by atoms with Crippen molar-refractivity contribution in [3.63, 3.8) is 0 Å². The third kappa shape index (κ3) is 4.48. The fourth-order valence-electron chi connectivity index (χ4n) is 3.13. The van der Waals surface area contributed by atoms with Crippen LogP contribution in [0.25, 0.3) is 0 Å². The van der Waals surface area contributed by atoms with Crippen LogP contribution in [0.4, 0.5) is 11.4 Å². The second-order valence-electron chi connectivity index (χ2n) is 6.32. The molecule has 2 N–H and O–H groups in total. The van der Waals surface area contributed by atoms with Gasteiger partial charge in [-0.3, -0.25) is 0 Å². The first-order chi connectivity index (χ1) is 11.7. The summed E-state index contributed by atoms with van der Waals surface area (Å²) in [5.74, 6) is 0. The van der Waals surface area contributed by atoms with E-state index in [1.165, 1.54) is 29.7 Å². The zero-order valence-corrected chi connectivity index (χ0v) is 15.0. The number of aryl methyl sites for hydroxylation is 2. The predicted molar refractivity (Wildman–Crippen MR) is 107 cm³/mol. The van der Waals surface area contributed by atoms with Gasteiger partial charge in [0, 0.05) is 31.0 Å². The molecule has 0 aromatic heterocycles. The topological polar surface area (TPSA) is 27.3 Å². The van der Waals surface area contributed by atoms with E-state index in [4.69, 9.17) is 12.2 Å². The third-order valence-electron chi connectivity index (χ3n) is 4.41. The van der Waals surface area contributed by atoms with Crippen molar-refractivity contribution in [1.82, 2.24) is 5.32 Å². The minimum absolute atomic E-state index is 0.692. The van der Waals surface area contributed by atoms with Crippen molar-refractivity contribution < 1.29 is 0 Å². The molecular weight excluding hydrogens is 314 g/mol. The van der Waals surface area contributed by atoms with Gasteiger partial charge in [-0.05, 0) is 62.2 Å². The highest BCUT2D eigenvalue weighted by atomic mass is 32.1. The first kappa shape index (κ1) is 16.8. The van der Waals surface area contributed by atoms with Crippen LogP contribution in [0.3, 0.4) is 0 Å². The highest BCUT2D eigenvalue weighted by Gasteiger charge is 2.15. The normalized spacial score (nSPS) is 13.3. The lowest BCUT2D eigenvalue weighted by Crippen LogP contribution is -2.34. The first-order valence-corrected chi connectivity index (χ1v) is 9.07. The van der Waals surface area contributed by atoms with E-state index in [2.05, 4.69) is 58.9 Å². The van der Waals surface area contributed by atoms with E-state index in [0.717, 1.165) is 31.7 Å². The lowest BCUT2D eigenvalue weighted by atomic mass is 10.0. The maximum Gasteiger partial charge on any atom is 0.170 e. The smallest absolute Gasteiger partial charge is 0.170 e. The summed E-state index contributed by atoms with van der Waals surface area (Å²) in [7, 11) is 0. The SMILES string of the molecule is Cc1ccc(NC(=S)NCCCN2CCCc3ccccc32)cc1. The molecule has 3 rings (SSSR count). The van der Waals surface area contributed by atoms with Crippen molar-refractivity contribution in [2.75, 3.05) is 29.9 Å². The molecule has 0 saturated carbocycles. The van der Waals surface area contributed by atoms with Crippen molar-refractivity contribution in [3.8, 4) is 0 Å². The Morgan fingerprint density at radius 1 is 1.12 bits per heavy atom. The third-order valence-corrected chi connectivity index (χ3v) is 4.65. The maximum atomic E-state index is 5.37. The van der Waals surface area contributed by atoms with Crippen molar-refractivity contribution >= 4 is 28.7 Å². The van der Waals surface area contributed by atoms with Crippen LogP contribution in [0.5, 0.6) is 0 Å². The van der Waals surface area contributed by atoms with Gasteiger partial charge in [0.1, 0.15) is 0 Å². The molecule has 0 aliphatic carbocycles. The maximum absolute atomic E-state index is 5.37. The second-order valence-corrected chi connectivity index (χ2v) is 6.73. The van der Waals surface area contributed by atoms with Crippen LogP contribution in [0.1, 0.15) is 24.0 Å². The molecule has 0 fully saturated rings. The predicted octanol–water partition coefficient (Wildman–Crippen LogP) is 4.12. The number of fused-ring (bicyclic) bond motifs is 1. The zero-order chi connectivity index (χ0) is 16.8. The summed E-state index contributed by atoms with van der Waals surface area (Å²) in [5, 5.41) is 7.23. The van der Waals surface area contributed by atoms with Crippen molar-refractivity contribution in [2.24, 2.45) is 0 Å². The summed E-state index contributed by atoms with van der Waals surface area (Å²) >= 11 is 5.37. The average Bonchev–Trinajstić information content (AvgIpc) is 2.61. The average molecular weight is 340 g/mol. The summed E-state index contributed by atoms with van der Waals surface area (Å²) in [6.07, 6.45) is 3.53. The Bertz CT molecular complexity index is 682. The molecule has 0 bridgehead atoms. The van der Waals surface area contributed by atoms with Crippen LogP contribution in [-0.4, -0.2) is 24.7 Å². The Balaban J connectivity index is 1.41. The molecule has 126 valence electrons. The van der Waals surface area contributed by atoms with Crippen molar-refractivity contribution in [1.29, 1.82) is 0 Å². The van der Waals surface area contributed by atoms with Gasteiger partial charge in [0.2, 0.25) is 0 Å². The molecule has 0 spiro atoms. The first-order valence-electron chi connectivity index (χ1n) is 8.67. The van der Waals surface area contributed by atoms with Gasteiger partial charge in [0.25, 0.3) is 0 Å². The van der Waals surface area contributed by atoms with Gasteiger partial charge in [0.15, 0.2) is 5.11 Å². The van der Waals surface area contributed by atoms with Crippen molar-refractivity contribution in [2.45, 2.75) is 26.2 Å². The molecule has 1 heterocycles. The standard InChI is InChI=1S/C20H25N3S/c1-16-9-11-18(12-10-16)22-20(24)21-13-5-15-23-14-4-7-17-6-2-3-8-19(17)23/h2-3,6,8-12H,4-5,7,13-15H2,1H3,(H2,21,22,24). The molecule has 2 aromatic carbocycles. The van der Waals surface area contributed by atoms with E-state index >= 15 is 0 Å². The van der Waals surface area contributed by atoms with Crippen molar-refractivity contribution in [3.05, 3.63) is 59.7 Å². The number of thiocarbonyl (C=S) groups is 1. The highest BCUT2D eigenvalue weighted by molar-refractivity contribution is 7.80. The molecule has 0 unspecified atom stereocenters. The van der Waals surface area contributed by atoms with Gasteiger partial charge in [0.05, 0.1) is 0 Å². The van der Waals surface area contributed by atoms with Crippen LogP contribution >= 0.6 is 12.2 Å². The fourth-order valence-corrected chi connectivity index (χ4v) is 3.35. The molecular formula is C20H25N3S. The quantitative estimate of drug-likeness (QED) is 0.633. The van der Waals surface area contributed by atoms with E-state index < -0.39 is 0 Å². The molecule has 0 atom stereocenters. The number of nitrogens with zero attached hydrogens (tertiary/aromatic N) is 1. The molecule has 0 saturated heterocycles. The molecule has 0 radical (unpaired) electrons. The van der Waals surface area contributed by atoms with Gasteiger partial charge < -0.3 is 15.5 Å². The summed E-state index contributed by atoms with van der Waals surface area (Å²) in [5.41, 5.74) is 5.17. The minimum atomic E-state index is 0.692. The molecule has 24 heavy (non-hydrogen) atoms. The van der Waals surface area contributed by atoms with Crippen LogP contribution in [0.15, 0.2) is 48.5 Å². The summed E-state index contributed by atoms with van der Waals surface area (Å²) < 4.78 is 0. The van der Waals surface area contributed by atoms with E-state index in [1.54, 1.807) is 0 Å². The Labute approximate surface area is 150 Å². The van der Waals surface area contributed by atoms with Gasteiger partial charge in [-0.15, -0.1) is 0 Å². The number of rotatable bonds is 5.